The third kappa shape index (κ3) is 14.0. The van der Waals surface area contributed by atoms with Gasteiger partial charge in [-0.05, 0) is 56.9 Å². The highest BCUT2D eigenvalue weighted by molar-refractivity contribution is 7.87. The number of nitrogens with one attached hydrogen (secondary N) is 1. The molecule has 0 saturated heterocycles. The average molecular weight is 1070 g/mol. The number of unbranched alkanes of at least 4 members (excludes halogenated alkanes) is 2. The number of hydrogen-bond donors (Lipinski definition) is 8. The number of nitrogens with zero attached hydrogens (tertiary/aromatic N) is 2. The zero-order valence-corrected chi connectivity index (χ0v) is 40.8. The molecule has 24 nitrogen and oxygen atoms in total. The molecule has 0 bridgehead atoms. The van der Waals surface area contributed by atoms with E-state index in [-0.39, 0.29) is 72.6 Å². The lowest BCUT2D eigenvalue weighted by Gasteiger charge is -2.27. The van der Waals surface area contributed by atoms with Crippen molar-refractivity contribution in [3.8, 4) is 0 Å². The highest BCUT2D eigenvalue weighted by atomic mass is 32.2. The monoisotopic (exact) mass is 1060 g/mol. The molecule has 0 aromatic heterocycles. The number of allylic oxidation sites excluding steroid dienone is 4. The van der Waals surface area contributed by atoms with Gasteiger partial charge in [0.15, 0.2) is 5.71 Å². The van der Waals surface area contributed by atoms with Crippen LogP contribution in [0.25, 0.3) is 0 Å². The summed E-state index contributed by atoms with van der Waals surface area (Å²) in [6.07, 6.45) is 3.62. The number of carbonyl (C=O) groups excluding carboxylic acids is 1. The first kappa shape index (κ1) is 55.4. The first-order valence-electron chi connectivity index (χ1n) is 19.8. The van der Waals surface area contributed by atoms with Gasteiger partial charge in [0.05, 0.1) is 38.7 Å². The van der Waals surface area contributed by atoms with Gasteiger partial charge in [-0.25, -0.2) is 0 Å². The van der Waals surface area contributed by atoms with Crippen LogP contribution in [0.5, 0.6) is 0 Å². The SMILES string of the molecule is CC1(CCCS(=O)(=O)O)C(/C=C/C=C2/N(CCCCCC(=O)O)c3cc(S(=O)(=O)O)cc(S(=O)(=O)O)c3C2(C)C)=[N+](CCCS(=O)(=O)O)c2cc(S(=O)(=O)O)cc(C(=O)NCCS(=O)(=O)O)c21. The second-order valence-corrected chi connectivity index (χ2v) is 25.4. The Labute approximate surface area is 388 Å². The van der Waals surface area contributed by atoms with Crippen molar-refractivity contribution in [2.45, 2.75) is 91.2 Å². The standard InChI is InChI=1S/C37H49N3O21S6/c1-36(2)30(39(15-6-4-5-12-32(41)42)28-22-25(66(56,57)58)23-29(34(28)36)67(59,60)61)10-7-11-31-37(3,13-8-17-62(44,45)46)33-26(35(43)38-14-19-64(50,51)52)20-24(65(53,54)55)21-27(33)40(31)16-9-18-63(47,48)49/h7,10-11,20-23H,4-6,8-9,12-19H2,1-3H3,(H7-,38,41,42,43,44,45,46,47,48,49,50,51,52,53,54,55,56,57,58,59,60,61)/p+1. The zero-order valence-electron chi connectivity index (χ0n) is 35.9. The molecule has 0 fully saturated rings. The van der Waals surface area contributed by atoms with Gasteiger partial charge in [0.25, 0.3) is 66.6 Å². The van der Waals surface area contributed by atoms with Crippen molar-refractivity contribution in [3.05, 3.63) is 64.9 Å². The molecular weight excluding hydrogens is 1010 g/mol. The maximum atomic E-state index is 13.9. The van der Waals surface area contributed by atoms with Gasteiger partial charge in [0.1, 0.15) is 16.3 Å². The summed E-state index contributed by atoms with van der Waals surface area (Å²) < 4.78 is 207. The average Bonchev–Trinajstić information content (AvgIpc) is 3.50. The van der Waals surface area contributed by atoms with E-state index in [9.17, 15) is 87.4 Å². The molecule has 8 N–H and O–H groups in total. The maximum Gasteiger partial charge on any atom is 0.303 e. The lowest BCUT2D eigenvalue weighted by atomic mass is 9.73. The lowest BCUT2D eigenvalue weighted by Crippen LogP contribution is -2.35. The number of rotatable bonds is 23. The minimum absolute atomic E-state index is 0.0266. The minimum Gasteiger partial charge on any atom is -0.481 e. The van der Waals surface area contributed by atoms with Crippen molar-refractivity contribution >= 4 is 89.7 Å². The Morgan fingerprint density at radius 2 is 1.25 bits per heavy atom. The van der Waals surface area contributed by atoms with Gasteiger partial charge in [-0.15, -0.1) is 0 Å². The predicted octanol–water partition coefficient (Wildman–Crippen LogP) is 2.23. The van der Waals surface area contributed by atoms with Crippen LogP contribution in [0.4, 0.5) is 11.4 Å². The fourth-order valence-corrected chi connectivity index (χ4v) is 11.7. The normalized spacial score (nSPS) is 18.5. The largest absolute Gasteiger partial charge is 0.481 e. The molecule has 0 saturated carbocycles. The van der Waals surface area contributed by atoms with E-state index >= 15 is 0 Å². The summed E-state index contributed by atoms with van der Waals surface area (Å²) in [6.45, 7) is 3.35. The number of amides is 1. The first-order chi connectivity index (χ1) is 30.4. The number of carboxylic acid groups (broad SMARTS) is 1. The second kappa shape index (κ2) is 20.0. The fraction of sp³-hybridized carbons (Fsp3) is 0.486. The van der Waals surface area contributed by atoms with Crippen LogP contribution >= 0.6 is 0 Å². The first-order valence-corrected chi connectivity index (χ1v) is 29.0. The molecule has 0 spiro atoms. The molecule has 2 aliphatic heterocycles. The summed E-state index contributed by atoms with van der Waals surface area (Å²) in [5, 5.41) is 11.4. The molecule has 30 heteroatoms. The molecule has 2 aromatic carbocycles. The second-order valence-electron chi connectivity index (χ2n) is 16.4. The van der Waals surface area contributed by atoms with Crippen molar-refractivity contribution < 1.29 is 97.1 Å². The van der Waals surface area contributed by atoms with Crippen LogP contribution in [0.2, 0.25) is 0 Å². The van der Waals surface area contributed by atoms with Crippen LogP contribution in [-0.4, -0.2) is 142 Å². The highest BCUT2D eigenvalue weighted by Gasteiger charge is 2.51. The maximum absolute atomic E-state index is 13.9. The molecule has 67 heavy (non-hydrogen) atoms. The number of carbonyl (C=O) groups is 2. The molecule has 1 atom stereocenters. The summed E-state index contributed by atoms with van der Waals surface area (Å²) in [7, 11) is -29.4. The van der Waals surface area contributed by atoms with Gasteiger partial charge in [0.2, 0.25) is 5.69 Å². The smallest absolute Gasteiger partial charge is 0.303 e. The van der Waals surface area contributed by atoms with Gasteiger partial charge in [-0.3, -0.25) is 36.9 Å². The van der Waals surface area contributed by atoms with Crippen molar-refractivity contribution in [1.82, 2.24) is 5.32 Å². The third-order valence-electron chi connectivity index (χ3n) is 11.1. The van der Waals surface area contributed by atoms with Gasteiger partial charge < -0.3 is 15.3 Å². The van der Waals surface area contributed by atoms with Gasteiger partial charge >= 0.3 is 5.97 Å². The minimum atomic E-state index is -5.21. The molecular formula is C37H50N3O21S6+. The number of anilines is 1. The van der Waals surface area contributed by atoms with E-state index in [2.05, 4.69) is 5.32 Å². The lowest BCUT2D eigenvalue weighted by molar-refractivity contribution is -0.437. The van der Waals surface area contributed by atoms with Crippen molar-refractivity contribution in [2.24, 2.45) is 0 Å². The van der Waals surface area contributed by atoms with E-state index in [1.54, 1.807) is 0 Å². The highest BCUT2D eigenvalue weighted by Crippen LogP contribution is 2.52. The van der Waals surface area contributed by atoms with Crippen LogP contribution < -0.4 is 10.2 Å². The third-order valence-corrected chi connectivity index (χ3v) is 16.0. The molecule has 374 valence electrons. The van der Waals surface area contributed by atoms with E-state index in [1.807, 2.05) is 0 Å². The number of fused-ring (bicyclic) bond motifs is 2. The van der Waals surface area contributed by atoms with Gasteiger partial charge in [-0.1, -0.05) is 26.3 Å². The molecule has 0 aliphatic carbocycles. The van der Waals surface area contributed by atoms with E-state index in [0.717, 1.165) is 18.2 Å². The molecule has 0 radical (unpaired) electrons. The van der Waals surface area contributed by atoms with E-state index in [0.29, 0.717) is 12.5 Å². The van der Waals surface area contributed by atoms with Crippen molar-refractivity contribution in [3.63, 3.8) is 0 Å². The quantitative estimate of drug-likeness (QED) is 0.0449. The zero-order chi connectivity index (χ0) is 50.9. The number of benzene rings is 2. The van der Waals surface area contributed by atoms with Gasteiger partial charge in [-0.2, -0.15) is 55.1 Å². The van der Waals surface area contributed by atoms with Crippen LogP contribution in [0.3, 0.4) is 0 Å². The Kier molecular flexibility index (Phi) is 16.6. The Morgan fingerprint density at radius 1 is 0.687 bits per heavy atom. The molecule has 2 heterocycles. The van der Waals surface area contributed by atoms with Crippen molar-refractivity contribution in [2.75, 3.05) is 41.8 Å². The summed E-state index contributed by atoms with van der Waals surface area (Å²) in [5.41, 5.74) is -3.81. The van der Waals surface area contributed by atoms with Gasteiger partial charge in [0, 0.05) is 60.4 Å². The number of hydrogen-bond acceptors (Lipinski definition) is 15. The topological polar surface area (TPSA) is 399 Å². The Balaban J connectivity index is 2.08. The van der Waals surface area contributed by atoms with E-state index < -0.39 is 140 Å². The predicted molar refractivity (Wildman–Crippen MR) is 239 cm³/mol. The fourth-order valence-electron chi connectivity index (χ4n) is 8.30. The molecule has 2 aliphatic rings. The Bertz CT molecular complexity index is 3130. The van der Waals surface area contributed by atoms with Crippen molar-refractivity contribution in [1.29, 1.82) is 0 Å². The molecule has 1 amide bonds. The Morgan fingerprint density at radius 3 is 1.79 bits per heavy atom. The van der Waals surface area contributed by atoms with Crippen LogP contribution in [-0.2, 0) is 76.3 Å². The molecule has 2 aromatic rings. The number of aliphatic carboxylic acids is 1. The van der Waals surface area contributed by atoms with Crippen LogP contribution in [0.1, 0.15) is 87.2 Å². The molecule has 1 unspecified atom stereocenters. The van der Waals surface area contributed by atoms with E-state index in [1.165, 1.54) is 48.5 Å². The Hall–Kier alpha value is -4.21. The summed E-state index contributed by atoms with van der Waals surface area (Å²) >= 11 is 0. The van der Waals surface area contributed by atoms with Crippen LogP contribution in [0, 0.1) is 0 Å². The summed E-state index contributed by atoms with van der Waals surface area (Å²) in [4.78, 5) is 23.9. The van der Waals surface area contributed by atoms with E-state index in [4.69, 9.17) is 5.11 Å². The van der Waals surface area contributed by atoms with Crippen LogP contribution in [0.15, 0.2) is 62.9 Å². The summed E-state index contributed by atoms with van der Waals surface area (Å²) in [5.74, 6) is -4.94. The number of carboxylic acids is 1. The molecule has 4 rings (SSSR count). The summed E-state index contributed by atoms with van der Waals surface area (Å²) in [6, 6.07) is 3.20.